The maximum Gasteiger partial charge on any atom is 0.244 e. The van der Waals surface area contributed by atoms with Gasteiger partial charge in [0.15, 0.2) is 0 Å². The second-order valence-corrected chi connectivity index (χ2v) is 8.87. The number of amides is 1. The average Bonchev–Trinajstić information content (AvgIpc) is 2.88. The topological polar surface area (TPSA) is 137 Å². The number of nitrogens with two attached hydrogens (primary N) is 1. The van der Waals surface area contributed by atoms with Crippen LogP contribution in [0.25, 0.3) is 0 Å². The fourth-order valence-electron chi connectivity index (χ4n) is 3.59. The van der Waals surface area contributed by atoms with Gasteiger partial charge >= 0.3 is 0 Å². The number of nitrogens with zero attached hydrogens (tertiary/aromatic N) is 6. The molecule has 1 amide bonds. The van der Waals surface area contributed by atoms with Gasteiger partial charge in [-0.15, -0.1) is 0 Å². The Labute approximate surface area is 162 Å². The van der Waals surface area contributed by atoms with E-state index >= 15 is 0 Å². The van der Waals surface area contributed by atoms with Gasteiger partial charge in [0.25, 0.3) is 0 Å². The van der Waals surface area contributed by atoms with Crippen molar-refractivity contribution in [1.82, 2.24) is 29.4 Å². The normalized spacial score (nSPS) is 23.4. The molecule has 150 valence electrons. The zero-order valence-corrected chi connectivity index (χ0v) is 15.9. The van der Waals surface area contributed by atoms with Crippen LogP contribution in [0.3, 0.4) is 0 Å². The fourth-order valence-corrected chi connectivity index (χ4v) is 5.16. The number of aromatic nitrogens is 4. The monoisotopic (exact) mass is 407 g/mol. The number of benzene rings is 1. The largest absolute Gasteiger partial charge is 0.379 e. The van der Waals surface area contributed by atoms with Crippen LogP contribution in [0.2, 0.25) is 0 Å². The average molecular weight is 407 g/mol. The molecule has 2 saturated heterocycles. The van der Waals surface area contributed by atoms with E-state index in [1.54, 1.807) is 35.2 Å². The predicted octanol–water partition coefficient (Wildman–Crippen LogP) is -1.20. The molecule has 2 atom stereocenters. The number of ether oxygens (including phenoxy) is 1. The summed E-state index contributed by atoms with van der Waals surface area (Å²) in [5.41, 5.74) is 5.64. The number of carbonyl (C=O) groups excluding carboxylic acids is 1. The first-order chi connectivity index (χ1) is 13.4. The van der Waals surface area contributed by atoms with Crippen molar-refractivity contribution in [3.8, 4) is 0 Å². The fraction of sp³-hybridized carbons (Fsp3) is 0.500. The van der Waals surface area contributed by atoms with Gasteiger partial charge in [-0.1, -0.05) is 23.3 Å². The number of sulfonamides is 1. The van der Waals surface area contributed by atoms with Crippen LogP contribution < -0.4 is 5.73 Å². The van der Waals surface area contributed by atoms with Crippen molar-refractivity contribution in [3.63, 3.8) is 0 Å². The summed E-state index contributed by atoms with van der Waals surface area (Å²) in [5.74, 6) is -0.296. The van der Waals surface area contributed by atoms with Gasteiger partial charge in [-0.05, 0) is 22.6 Å². The highest BCUT2D eigenvalue weighted by Crippen LogP contribution is 2.25. The molecule has 1 aromatic carbocycles. The molecule has 28 heavy (non-hydrogen) atoms. The van der Waals surface area contributed by atoms with E-state index in [1.165, 1.54) is 8.99 Å². The molecule has 0 spiro atoms. The molecule has 2 aromatic rings. The number of hydrogen-bond acceptors (Lipinski definition) is 8. The van der Waals surface area contributed by atoms with E-state index in [1.807, 2.05) is 0 Å². The van der Waals surface area contributed by atoms with Crippen molar-refractivity contribution < 1.29 is 17.9 Å². The molecule has 12 heteroatoms. The van der Waals surface area contributed by atoms with E-state index < -0.39 is 16.1 Å². The lowest BCUT2D eigenvalue weighted by atomic mass is 10.1. The van der Waals surface area contributed by atoms with Crippen LogP contribution in [0.5, 0.6) is 0 Å². The summed E-state index contributed by atoms with van der Waals surface area (Å²) in [4.78, 5) is 14.8. The number of nitrogen functional groups attached to an aromatic ring is 1. The van der Waals surface area contributed by atoms with Crippen molar-refractivity contribution in [1.29, 1.82) is 0 Å². The van der Waals surface area contributed by atoms with Crippen LogP contribution in [0, 0.1) is 5.92 Å². The van der Waals surface area contributed by atoms with Gasteiger partial charge in [-0.25, -0.2) is 13.1 Å². The summed E-state index contributed by atoms with van der Waals surface area (Å²) >= 11 is 0. The number of anilines is 1. The van der Waals surface area contributed by atoms with Gasteiger partial charge in [-0.3, -0.25) is 4.79 Å². The van der Waals surface area contributed by atoms with Crippen molar-refractivity contribution >= 4 is 21.9 Å². The maximum atomic E-state index is 13.1. The minimum Gasteiger partial charge on any atom is -0.379 e. The highest BCUT2D eigenvalue weighted by molar-refractivity contribution is 7.89. The van der Waals surface area contributed by atoms with Crippen molar-refractivity contribution in [2.24, 2.45) is 5.92 Å². The van der Waals surface area contributed by atoms with Gasteiger partial charge < -0.3 is 15.4 Å². The molecule has 2 fully saturated rings. The smallest absolute Gasteiger partial charge is 0.244 e. The Morgan fingerprint density at radius 1 is 1.18 bits per heavy atom. The standard InChI is InChI=1S/C16H21N7O4S/c17-16-18-19-20-23(16)9-15(24)22-7-12-6-21(8-13(22)11-27-10-12)28(25,26)14-4-2-1-3-5-14/h1-5,12-13H,6-11H2,(H2,17,18,20)/t12-,13-/m0/s1. The SMILES string of the molecule is Nc1nnnn1CC(=O)N1C[C@H]2COC[C@@H]1CN(S(=O)(=O)c1ccccc1)C2. The van der Waals surface area contributed by atoms with Crippen LogP contribution >= 0.6 is 0 Å². The molecule has 1 aromatic heterocycles. The molecule has 0 radical (unpaired) electrons. The lowest BCUT2D eigenvalue weighted by Crippen LogP contribution is -2.48. The van der Waals surface area contributed by atoms with Crippen molar-refractivity contribution in [3.05, 3.63) is 30.3 Å². The number of fused-ring (bicyclic) bond motifs is 3. The van der Waals surface area contributed by atoms with E-state index in [0.29, 0.717) is 19.7 Å². The van der Waals surface area contributed by atoms with Crippen LogP contribution in [-0.4, -0.2) is 82.6 Å². The summed E-state index contributed by atoms with van der Waals surface area (Å²) in [5, 5.41) is 10.7. The van der Waals surface area contributed by atoms with Crippen molar-refractivity contribution in [2.75, 3.05) is 38.6 Å². The third-order valence-electron chi connectivity index (χ3n) is 4.98. The third-order valence-corrected chi connectivity index (χ3v) is 6.83. The van der Waals surface area contributed by atoms with E-state index in [4.69, 9.17) is 10.5 Å². The number of rotatable bonds is 4. The number of tetrazole rings is 1. The summed E-state index contributed by atoms with van der Waals surface area (Å²) in [6.45, 7) is 1.44. The lowest BCUT2D eigenvalue weighted by Gasteiger charge is -2.30. The Hall–Kier alpha value is -2.57. The van der Waals surface area contributed by atoms with Gasteiger partial charge in [0, 0.05) is 25.6 Å². The Morgan fingerprint density at radius 2 is 1.96 bits per heavy atom. The summed E-state index contributed by atoms with van der Waals surface area (Å²) in [7, 11) is -3.65. The van der Waals surface area contributed by atoms with Crippen LogP contribution in [-0.2, 0) is 26.1 Å². The van der Waals surface area contributed by atoms with Crippen LogP contribution in [0.1, 0.15) is 0 Å². The second kappa shape index (κ2) is 7.45. The third kappa shape index (κ3) is 3.57. The van der Waals surface area contributed by atoms with E-state index in [-0.39, 0.29) is 42.4 Å². The number of carbonyl (C=O) groups is 1. The van der Waals surface area contributed by atoms with Crippen LogP contribution in [0.15, 0.2) is 35.2 Å². The molecule has 2 N–H and O–H groups in total. The van der Waals surface area contributed by atoms with E-state index in [9.17, 15) is 13.2 Å². The lowest BCUT2D eigenvalue weighted by molar-refractivity contribution is -0.134. The molecular weight excluding hydrogens is 386 g/mol. The van der Waals surface area contributed by atoms with Gasteiger partial charge in [-0.2, -0.15) is 4.31 Å². The minimum atomic E-state index is -3.65. The first-order valence-electron chi connectivity index (χ1n) is 8.89. The zero-order chi connectivity index (χ0) is 19.7. The highest BCUT2D eigenvalue weighted by Gasteiger charge is 2.40. The van der Waals surface area contributed by atoms with Crippen LogP contribution in [0.4, 0.5) is 5.95 Å². The van der Waals surface area contributed by atoms with Crippen molar-refractivity contribution in [2.45, 2.75) is 17.5 Å². The molecule has 2 aliphatic rings. The molecule has 0 aliphatic carbocycles. The summed E-state index contributed by atoms with van der Waals surface area (Å²) < 4.78 is 34.5. The zero-order valence-electron chi connectivity index (χ0n) is 15.1. The molecule has 11 nitrogen and oxygen atoms in total. The maximum absolute atomic E-state index is 13.1. The Morgan fingerprint density at radius 3 is 2.68 bits per heavy atom. The summed E-state index contributed by atoms with van der Waals surface area (Å²) in [6.07, 6.45) is 0. The Balaban J connectivity index is 1.57. The Kier molecular flexibility index (Phi) is 5.00. The first kappa shape index (κ1) is 18.8. The van der Waals surface area contributed by atoms with E-state index in [0.717, 1.165) is 0 Å². The molecular formula is C16H21N7O4S. The summed E-state index contributed by atoms with van der Waals surface area (Å²) in [6, 6.07) is 7.93. The quantitative estimate of drug-likeness (QED) is 0.668. The molecule has 3 heterocycles. The van der Waals surface area contributed by atoms with E-state index in [2.05, 4.69) is 15.5 Å². The minimum absolute atomic E-state index is 0.0516. The highest BCUT2D eigenvalue weighted by atomic mass is 32.2. The molecule has 2 bridgehead atoms. The second-order valence-electron chi connectivity index (χ2n) is 6.93. The molecule has 4 rings (SSSR count). The predicted molar refractivity (Wildman–Crippen MR) is 97.2 cm³/mol. The first-order valence-corrected chi connectivity index (χ1v) is 10.3. The molecule has 2 aliphatic heterocycles. The van der Waals surface area contributed by atoms with Gasteiger partial charge in [0.1, 0.15) is 6.54 Å². The van der Waals surface area contributed by atoms with Gasteiger partial charge in [0.05, 0.1) is 24.2 Å². The Bertz CT molecular complexity index is 949. The number of hydrogen-bond donors (Lipinski definition) is 1. The molecule has 0 unspecified atom stereocenters. The van der Waals surface area contributed by atoms with Gasteiger partial charge in [0.2, 0.25) is 21.9 Å². The molecule has 0 saturated carbocycles.